The second kappa shape index (κ2) is 6.12. The van der Waals surface area contributed by atoms with Crippen LogP contribution in [-0.4, -0.2) is 33.3 Å². The van der Waals surface area contributed by atoms with E-state index in [1.807, 2.05) is 16.8 Å². The van der Waals surface area contributed by atoms with E-state index in [4.69, 9.17) is 0 Å². The van der Waals surface area contributed by atoms with E-state index in [9.17, 15) is 9.59 Å². The first-order valence-electron chi connectivity index (χ1n) is 7.45. The fraction of sp³-hybridized carbons (Fsp3) is 0.312. The highest BCUT2D eigenvalue weighted by atomic mass is 16.1. The monoisotopic (exact) mass is 313 g/mol. The van der Waals surface area contributed by atoms with Crippen molar-refractivity contribution in [3.05, 3.63) is 53.6 Å². The molecule has 0 unspecified atom stereocenters. The molecule has 120 valence electrons. The second-order valence-electron chi connectivity index (χ2n) is 5.63. The fourth-order valence-electron chi connectivity index (χ4n) is 2.74. The lowest BCUT2D eigenvalue weighted by atomic mass is 10.1. The first kappa shape index (κ1) is 15.1. The number of hydrogen-bond acceptors (Lipinski definition) is 4. The molecule has 2 aromatic heterocycles. The molecular weight excluding hydrogens is 294 g/mol. The van der Waals surface area contributed by atoms with Crippen LogP contribution in [0.15, 0.2) is 48.0 Å². The molecule has 2 aromatic rings. The number of nitrogens with one attached hydrogen (secondary N) is 1. The number of carbonyl (C=O) groups is 1. The zero-order chi connectivity index (χ0) is 16.4. The number of rotatable bonds is 4. The SMILES string of the molecule is C=CC(=O)NC[C@H]1CN(c2ccn(C)c(=O)c2)c2ccnn2C1. The minimum absolute atomic E-state index is 0.0596. The van der Waals surface area contributed by atoms with Crippen molar-refractivity contribution >= 4 is 17.4 Å². The normalized spacial score (nSPS) is 16.7. The van der Waals surface area contributed by atoms with Crippen molar-refractivity contribution in [1.82, 2.24) is 19.7 Å². The van der Waals surface area contributed by atoms with E-state index in [0.717, 1.165) is 18.1 Å². The van der Waals surface area contributed by atoms with Gasteiger partial charge in [0.15, 0.2) is 0 Å². The van der Waals surface area contributed by atoms with Gasteiger partial charge >= 0.3 is 0 Å². The molecule has 1 amide bonds. The van der Waals surface area contributed by atoms with Gasteiger partial charge in [-0.1, -0.05) is 6.58 Å². The fourth-order valence-corrected chi connectivity index (χ4v) is 2.74. The maximum absolute atomic E-state index is 11.9. The summed E-state index contributed by atoms with van der Waals surface area (Å²) < 4.78 is 3.43. The number of aromatic nitrogens is 3. The highest BCUT2D eigenvalue weighted by molar-refractivity contribution is 5.86. The van der Waals surface area contributed by atoms with Gasteiger partial charge < -0.3 is 14.8 Å². The molecule has 0 bridgehead atoms. The molecule has 0 aliphatic carbocycles. The summed E-state index contributed by atoms with van der Waals surface area (Å²) in [5, 5.41) is 7.16. The lowest BCUT2D eigenvalue weighted by Gasteiger charge is -2.34. The van der Waals surface area contributed by atoms with Gasteiger partial charge in [-0.15, -0.1) is 0 Å². The third kappa shape index (κ3) is 3.03. The summed E-state index contributed by atoms with van der Waals surface area (Å²) in [6.45, 7) is 5.42. The van der Waals surface area contributed by atoms with Crippen LogP contribution in [0.5, 0.6) is 0 Å². The van der Waals surface area contributed by atoms with E-state index in [1.54, 1.807) is 25.5 Å². The summed E-state index contributed by atoms with van der Waals surface area (Å²) in [5.41, 5.74) is 0.769. The van der Waals surface area contributed by atoms with E-state index in [2.05, 4.69) is 21.9 Å². The molecular formula is C16H19N5O2. The van der Waals surface area contributed by atoms with Crippen molar-refractivity contribution in [3.63, 3.8) is 0 Å². The van der Waals surface area contributed by atoms with Gasteiger partial charge in [-0.25, -0.2) is 4.68 Å². The number of hydrogen-bond donors (Lipinski definition) is 1. The van der Waals surface area contributed by atoms with Crippen LogP contribution in [0.3, 0.4) is 0 Å². The Morgan fingerprint density at radius 2 is 2.30 bits per heavy atom. The number of fused-ring (bicyclic) bond motifs is 1. The van der Waals surface area contributed by atoms with Gasteiger partial charge in [-0.05, 0) is 12.1 Å². The first-order chi connectivity index (χ1) is 11.1. The van der Waals surface area contributed by atoms with Crippen molar-refractivity contribution in [3.8, 4) is 0 Å². The van der Waals surface area contributed by atoms with Gasteiger partial charge in [-0.3, -0.25) is 9.59 Å². The zero-order valence-corrected chi connectivity index (χ0v) is 13.0. The molecule has 3 heterocycles. The van der Waals surface area contributed by atoms with Gasteiger partial charge in [0.1, 0.15) is 5.82 Å². The molecule has 7 nitrogen and oxygen atoms in total. The molecule has 1 aliphatic rings. The Morgan fingerprint density at radius 1 is 1.48 bits per heavy atom. The van der Waals surface area contributed by atoms with Crippen LogP contribution in [0.25, 0.3) is 0 Å². The van der Waals surface area contributed by atoms with Crippen LogP contribution < -0.4 is 15.8 Å². The van der Waals surface area contributed by atoms with Crippen LogP contribution in [-0.2, 0) is 18.4 Å². The Bertz CT molecular complexity index is 792. The Morgan fingerprint density at radius 3 is 3.04 bits per heavy atom. The molecule has 0 saturated heterocycles. The van der Waals surface area contributed by atoms with Gasteiger partial charge in [0.05, 0.1) is 6.20 Å². The zero-order valence-electron chi connectivity index (χ0n) is 13.0. The second-order valence-corrected chi connectivity index (χ2v) is 5.63. The number of carbonyl (C=O) groups excluding carboxylic acids is 1. The minimum Gasteiger partial charge on any atom is -0.352 e. The summed E-state index contributed by atoms with van der Waals surface area (Å²) >= 11 is 0. The summed E-state index contributed by atoms with van der Waals surface area (Å²) in [4.78, 5) is 25.3. The smallest absolute Gasteiger partial charge is 0.252 e. The van der Waals surface area contributed by atoms with Crippen LogP contribution in [0, 0.1) is 5.92 Å². The third-order valence-corrected chi connectivity index (χ3v) is 3.99. The lowest BCUT2D eigenvalue weighted by Crippen LogP contribution is -2.41. The average molecular weight is 313 g/mol. The van der Waals surface area contributed by atoms with Crippen molar-refractivity contribution < 1.29 is 4.79 Å². The van der Waals surface area contributed by atoms with Crippen molar-refractivity contribution in [2.45, 2.75) is 6.54 Å². The summed E-state index contributed by atoms with van der Waals surface area (Å²) in [7, 11) is 1.72. The van der Waals surface area contributed by atoms with Gasteiger partial charge in [0.2, 0.25) is 5.91 Å². The Labute approximate surface area is 133 Å². The van der Waals surface area contributed by atoms with E-state index in [0.29, 0.717) is 13.1 Å². The van der Waals surface area contributed by atoms with E-state index >= 15 is 0 Å². The molecule has 0 saturated carbocycles. The maximum Gasteiger partial charge on any atom is 0.252 e. The quantitative estimate of drug-likeness (QED) is 0.841. The number of nitrogens with zero attached hydrogens (tertiary/aromatic N) is 4. The number of anilines is 2. The predicted molar refractivity (Wildman–Crippen MR) is 87.6 cm³/mol. The van der Waals surface area contributed by atoms with Crippen LogP contribution in [0.1, 0.15) is 0 Å². The summed E-state index contributed by atoms with van der Waals surface area (Å²) in [5.74, 6) is 0.955. The molecule has 3 rings (SSSR count). The van der Waals surface area contributed by atoms with Gasteiger partial charge in [0, 0.05) is 56.6 Å². The summed E-state index contributed by atoms with van der Waals surface area (Å²) in [6.07, 6.45) is 4.76. The van der Waals surface area contributed by atoms with E-state index in [-0.39, 0.29) is 17.4 Å². The number of amides is 1. The molecule has 7 heteroatoms. The first-order valence-corrected chi connectivity index (χ1v) is 7.45. The van der Waals surface area contributed by atoms with Crippen LogP contribution in [0.2, 0.25) is 0 Å². The highest BCUT2D eigenvalue weighted by Crippen LogP contribution is 2.29. The van der Waals surface area contributed by atoms with Crippen LogP contribution in [0.4, 0.5) is 11.5 Å². The van der Waals surface area contributed by atoms with E-state index in [1.165, 1.54) is 10.6 Å². The minimum atomic E-state index is -0.184. The molecule has 1 atom stereocenters. The van der Waals surface area contributed by atoms with Crippen molar-refractivity contribution in [1.29, 1.82) is 0 Å². The maximum atomic E-state index is 11.9. The number of pyridine rings is 1. The molecule has 0 spiro atoms. The van der Waals surface area contributed by atoms with Gasteiger partial charge in [0.25, 0.3) is 5.56 Å². The Kier molecular flexibility index (Phi) is 4.01. The largest absolute Gasteiger partial charge is 0.352 e. The molecule has 0 radical (unpaired) electrons. The molecule has 0 fully saturated rings. The predicted octanol–water partition coefficient (Wildman–Crippen LogP) is 0.652. The van der Waals surface area contributed by atoms with Crippen molar-refractivity contribution in [2.75, 3.05) is 18.0 Å². The molecule has 1 N–H and O–H groups in total. The molecule has 0 aromatic carbocycles. The molecule has 1 aliphatic heterocycles. The number of aryl methyl sites for hydroxylation is 1. The summed E-state index contributed by atoms with van der Waals surface area (Å²) in [6, 6.07) is 5.45. The average Bonchev–Trinajstić information content (AvgIpc) is 3.02. The highest BCUT2D eigenvalue weighted by Gasteiger charge is 2.26. The third-order valence-electron chi connectivity index (χ3n) is 3.99. The lowest BCUT2D eigenvalue weighted by molar-refractivity contribution is -0.116. The molecule has 23 heavy (non-hydrogen) atoms. The topological polar surface area (TPSA) is 72.2 Å². The Hall–Kier alpha value is -2.83. The Balaban J connectivity index is 1.87. The van der Waals surface area contributed by atoms with Gasteiger partial charge in [-0.2, -0.15) is 5.10 Å². The van der Waals surface area contributed by atoms with E-state index < -0.39 is 0 Å². The van der Waals surface area contributed by atoms with Crippen molar-refractivity contribution in [2.24, 2.45) is 13.0 Å². The van der Waals surface area contributed by atoms with Crippen LogP contribution >= 0.6 is 0 Å². The standard InChI is InChI=1S/C16H19N5O2/c1-3-14(22)17-9-12-10-20(15-4-6-18-21(15)11-12)13-5-7-19(2)16(23)8-13/h3-8,12H,1,9-11H2,2H3,(H,17,22)/t12-/m0/s1.